The van der Waals surface area contributed by atoms with E-state index in [4.69, 9.17) is 4.74 Å². The van der Waals surface area contributed by atoms with Crippen molar-refractivity contribution in [3.8, 4) is 0 Å². The van der Waals surface area contributed by atoms with E-state index in [0.29, 0.717) is 24.2 Å². The first kappa shape index (κ1) is 23.6. The summed E-state index contributed by atoms with van der Waals surface area (Å²) >= 11 is 0. The summed E-state index contributed by atoms with van der Waals surface area (Å²) in [5, 5.41) is 5.65. The molecule has 1 heterocycles. The van der Waals surface area contributed by atoms with E-state index in [1.54, 1.807) is 18.2 Å². The molecule has 172 valence electrons. The van der Waals surface area contributed by atoms with Gasteiger partial charge < -0.3 is 20.3 Å². The van der Waals surface area contributed by atoms with E-state index in [-0.39, 0.29) is 31.0 Å². The van der Waals surface area contributed by atoms with E-state index in [1.807, 2.05) is 12.1 Å². The topological polar surface area (TPSA) is 70.7 Å². The summed E-state index contributed by atoms with van der Waals surface area (Å²) < 4.78 is 43.5. The molecule has 1 saturated heterocycles. The molecule has 3 rings (SSSR count). The third kappa shape index (κ3) is 6.23. The van der Waals surface area contributed by atoms with Gasteiger partial charge in [-0.1, -0.05) is 24.3 Å². The number of piperidine rings is 1. The summed E-state index contributed by atoms with van der Waals surface area (Å²) in [6, 6.07) is 12.1. The second kappa shape index (κ2) is 10.5. The third-order valence-corrected chi connectivity index (χ3v) is 5.33. The van der Waals surface area contributed by atoms with Crippen LogP contribution in [0.1, 0.15) is 34.3 Å². The second-order valence-electron chi connectivity index (χ2n) is 7.66. The van der Waals surface area contributed by atoms with Crippen molar-refractivity contribution in [2.75, 3.05) is 31.7 Å². The molecule has 0 saturated carbocycles. The van der Waals surface area contributed by atoms with Gasteiger partial charge in [0.25, 0.3) is 5.91 Å². The summed E-state index contributed by atoms with van der Waals surface area (Å²) in [6.07, 6.45) is -2.97. The molecule has 32 heavy (non-hydrogen) atoms. The maximum atomic E-state index is 12.9. The molecule has 0 radical (unpaired) electrons. The molecule has 0 aromatic heterocycles. The van der Waals surface area contributed by atoms with Gasteiger partial charge in [-0.15, -0.1) is 0 Å². The maximum absolute atomic E-state index is 12.9. The van der Waals surface area contributed by atoms with Crippen molar-refractivity contribution >= 4 is 17.5 Å². The van der Waals surface area contributed by atoms with Gasteiger partial charge in [0.2, 0.25) is 5.91 Å². The van der Waals surface area contributed by atoms with Crippen LogP contribution in [-0.4, -0.2) is 44.7 Å². The number of methoxy groups -OCH3 is 1. The number of halogens is 3. The molecule has 2 amide bonds. The molecule has 0 atom stereocenters. The Bertz CT molecular complexity index is 941. The van der Waals surface area contributed by atoms with E-state index in [9.17, 15) is 22.8 Å². The number of rotatable bonds is 7. The van der Waals surface area contributed by atoms with Crippen molar-refractivity contribution in [3.63, 3.8) is 0 Å². The van der Waals surface area contributed by atoms with Crippen LogP contribution in [0.3, 0.4) is 0 Å². The predicted octanol–water partition coefficient (Wildman–Crippen LogP) is 3.37. The quantitative estimate of drug-likeness (QED) is 0.680. The lowest BCUT2D eigenvalue weighted by atomic mass is 10.0. The largest absolute Gasteiger partial charge is 0.416 e. The first-order valence-electron chi connectivity index (χ1n) is 10.3. The number of ether oxygens (including phenoxy) is 1. The van der Waals surface area contributed by atoms with Crippen molar-refractivity contribution < 1.29 is 27.5 Å². The number of hydrogen-bond donors (Lipinski definition) is 2. The number of carbonyl (C=O) groups is 2. The average Bonchev–Trinajstić information content (AvgIpc) is 2.78. The van der Waals surface area contributed by atoms with Crippen LogP contribution in [0, 0.1) is 0 Å². The lowest BCUT2D eigenvalue weighted by Gasteiger charge is -2.34. The summed E-state index contributed by atoms with van der Waals surface area (Å²) in [6.45, 7) is 1.34. The molecular weight excluding hydrogens is 423 g/mol. The zero-order chi connectivity index (χ0) is 23.1. The molecule has 2 aromatic rings. The van der Waals surface area contributed by atoms with Crippen molar-refractivity contribution in [1.29, 1.82) is 0 Å². The maximum Gasteiger partial charge on any atom is 0.416 e. The number of para-hydroxylation sites is 1. The van der Waals surface area contributed by atoms with Gasteiger partial charge in [0, 0.05) is 38.5 Å². The van der Waals surface area contributed by atoms with Crippen molar-refractivity contribution in [1.82, 2.24) is 10.6 Å². The fraction of sp³-hybridized carbons (Fsp3) is 0.391. The zero-order valence-corrected chi connectivity index (χ0v) is 17.7. The van der Waals surface area contributed by atoms with Crippen molar-refractivity contribution in [2.24, 2.45) is 0 Å². The highest BCUT2D eigenvalue weighted by Crippen LogP contribution is 2.29. The number of alkyl halides is 3. The molecule has 0 spiro atoms. The van der Waals surface area contributed by atoms with Gasteiger partial charge in [-0.3, -0.25) is 9.59 Å². The van der Waals surface area contributed by atoms with Crippen LogP contribution in [0.5, 0.6) is 0 Å². The molecular formula is C23H26F3N3O3. The van der Waals surface area contributed by atoms with E-state index in [1.165, 1.54) is 13.2 Å². The molecule has 2 N–H and O–H groups in total. The third-order valence-electron chi connectivity index (χ3n) is 5.33. The minimum Gasteiger partial charge on any atom is -0.375 e. The lowest BCUT2D eigenvalue weighted by Crippen LogP contribution is -2.46. The highest BCUT2D eigenvalue weighted by atomic mass is 19.4. The molecule has 1 aliphatic heterocycles. The Morgan fingerprint density at radius 3 is 2.50 bits per heavy atom. The number of amides is 2. The van der Waals surface area contributed by atoms with Crippen LogP contribution in [0.2, 0.25) is 0 Å². The van der Waals surface area contributed by atoms with Crippen LogP contribution in [-0.2, 0) is 22.3 Å². The number of anilines is 1. The molecule has 6 nitrogen and oxygen atoms in total. The monoisotopic (exact) mass is 449 g/mol. The summed E-state index contributed by atoms with van der Waals surface area (Å²) in [7, 11) is 1.47. The first-order valence-corrected chi connectivity index (χ1v) is 10.3. The standard InChI is InChI=1S/C23H26F3N3O3/c1-32-15-21(30)28-18-9-11-29(12-10-18)20-8-3-2-7-19(20)22(31)27-14-16-5-4-6-17(13-16)23(24,25)26/h2-8,13,18H,9-12,14-15H2,1H3,(H,27,31)(H,28,30). The molecule has 1 fully saturated rings. The van der Waals surface area contributed by atoms with Crippen molar-refractivity contribution in [3.05, 3.63) is 65.2 Å². The molecule has 2 aromatic carbocycles. The Balaban J connectivity index is 1.62. The Hall–Kier alpha value is -3.07. The summed E-state index contributed by atoms with van der Waals surface area (Å²) in [5.41, 5.74) is 0.848. The number of nitrogens with zero attached hydrogens (tertiary/aromatic N) is 1. The van der Waals surface area contributed by atoms with Crippen LogP contribution >= 0.6 is 0 Å². The van der Waals surface area contributed by atoms with Gasteiger partial charge in [-0.25, -0.2) is 0 Å². The normalized spacial score (nSPS) is 14.8. The highest BCUT2D eigenvalue weighted by molar-refractivity contribution is 5.99. The molecule has 0 bridgehead atoms. The minimum atomic E-state index is -4.43. The molecule has 0 aliphatic carbocycles. The van der Waals surface area contributed by atoms with E-state index in [2.05, 4.69) is 15.5 Å². The van der Waals surface area contributed by atoms with Gasteiger partial charge in [0.05, 0.1) is 11.1 Å². The Labute approximate surface area is 184 Å². The van der Waals surface area contributed by atoms with Crippen molar-refractivity contribution in [2.45, 2.75) is 31.6 Å². The van der Waals surface area contributed by atoms with Gasteiger partial charge in [-0.2, -0.15) is 13.2 Å². The number of nitrogens with one attached hydrogen (secondary N) is 2. The van der Waals surface area contributed by atoms with E-state index < -0.39 is 11.7 Å². The average molecular weight is 449 g/mol. The lowest BCUT2D eigenvalue weighted by molar-refractivity contribution is -0.137. The Morgan fingerprint density at radius 1 is 1.09 bits per heavy atom. The van der Waals surface area contributed by atoms with Gasteiger partial charge in [0.15, 0.2) is 0 Å². The van der Waals surface area contributed by atoms with Crippen LogP contribution in [0.15, 0.2) is 48.5 Å². The highest BCUT2D eigenvalue weighted by Gasteiger charge is 2.30. The van der Waals surface area contributed by atoms with Gasteiger partial charge in [-0.05, 0) is 42.7 Å². The molecule has 1 aliphatic rings. The Morgan fingerprint density at radius 2 is 1.81 bits per heavy atom. The summed E-state index contributed by atoms with van der Waals surface area (Å²) in [4.78, 5) is 26.6. The van der Waals surface area contributed by atoms with E-state index >= 15 is 0 Å². The minimum absolute atomic E-state index is 0.00923. The molecule has 0 unspecified atom stereocenters. The van der Waals surface area contributed by atoms with Crippen LogP contribution in [0.4, 0.5) is 18.9 Å². The molecule has 9 heteroatoms. The smallest absolute Gasteiger partial charge is 0.375 e. The second-order valence-corrected chi connectivity index (χ2v) is 7.66. The van der Waals surface area contributed by atoms with Crippen LogP contribution in [0.25, 0.3) is 0 Å². The van der Waals surface area contributed by atoms with Gasteiger partial charge >= 0.3 is 6.18 Å². The Kier molecular flexibility index (Phi) is 7.74. The fourth-order valence-corrected chi connectivity index (χ4v) is 3.74. The zero-order valence-electron chi connectivity index (χ0n) is 17.7. The number of carbonyl (C=O) groups excluding carboxylic acids is 2. The number of hydrogen-bond acceptors (Lipinski definition) is 4. The van der Waals surface area contributed by atoms with Crippen LogP contribution < -0.4 is 15.5 Å². The van der Waals surface area contributed by atoms with E-state index in [0.717, 1.165) is 30.7 Å². The first-order chi connectivity index (χ1) is 15.3. The van der Waals surface area contributed by atoms with Gasteiger partial charge in [0.1, 0.15) is 6.61 Å². The predicted molar refractivity (Wildman–Crippen MR) is 114 cm³/mol. The fourth-order valence-electron chi connectivity index (χ4n) is 3.74. The summed E-state index contributed by atoms with van der Waals surface area (Å²) in [5.74, 6) is -0.506. The number of benzene rings is 2. The SMILES string of the molecule is COCC(=O)NC1CCN(c2ccccc2C(=O)NCc2cccc(C(F)(F)F)c2)CC1.